The monoisotopic (exact) mass is 400 g/mol. The fourth-order valence-electron chi connectivity index (χ4n) is 5.00. The number of benzene rings is 1. The van der Waals surface area contributed by atoms with Gasteiger partial charge in [-0.05, 0) is 50.2 Å². The summed E-state index contributed by atoms with van der Waals surface area (Å²) in [5.41, 5.74) is 2.01. The summed E-state index contributed by atoms with van der Waals surface area (Å²) in [6.07, 6.45) is 6.00. The highest BCUT2D eigenvalue weighted by Gasteiger charge is 2.39. The summed E-state index contributed by atoms with van der Waals surface area (Å²) in [5.74, 6) is 0.0321. The fourth-order valence-corrected chi connectivity index (χ4v) is 5.00. The van der Waals surface area contributed by atoms with Crippen LogP contribution in [0.1, 0.15) is 44.1 Å². The third-order valence-corrected chi connectivity index (χ3v) is 6.45. The number of rotatable bonds is 6. The number of nitrogens with one attached hydrogen (secondary N) is 1. The van der Waals surface area contributed by atoms with Crippen molar-refractivity contribution in [1.82, 2.24) is 10.2 Å². The first kappa shape index (κ1) is 19.7. The number of carbonyl (C=O) groups is 2. The molecule has 0 unspecified atom stereocenters. The molecule has 0 saturated carbocycles. The molecule has 1 aromatic carbocycles. The molecule has 3 heterocycles. The van der Waals surface area contributed by atoms with Gasteiger partial charge in [-0.3, -0.25) is 19.7 Å². The van der Waals surface area contributed by atoms with Gasteiger partial charge < -0.3 is 15.1 Å². The predicted molar refractivity (Wildman–Crippen MR) is 109 cm³/mol. The number of nitro benzene ring substituents is 1. The van der Waals surface area contributed by atoms with Gasteiger partial charge >= 0.3 is 0 Å². The summed E-state index contributed by atoms with van der Waals surface area (Å²) in [6, 6.07) is 5.18. The Hall–Kier alpha value is -2.64. The van der Waals surface area contributed by atoms with Gasteiger partial charge in [0, 0.05) is 56.5 Å². The highest BCUT2D eigenvalue weighted by atomic mass is 16.6. The van der Waals surface area contributed by atoms with Gasteiger partial charge in [-0.25, -0.2) is 0 Å². The fraction of sp³-hybridized carbons (Fsp3) is 0.619. The third-order valence-electron chi connectivity index (χ3n) is 6.45. The molecule has 156 valence electrons. The van der Waals surface area contributed by atoms with Crippen molar-refractivity contribution in [3.05, 3.63) is 33.9 Å². The van der Waals surface area contributed by atoms with E-state index in [1.165, 1.54) is 0 Å². The second-order valence-corrected chi connectivity index (χ2v) is 8.27. The molecule has 2 saturated heterocycles. The van der Waals surface area contributed by atoms with E-state index < -0.39 is 0 Å². The first-order valence-corrected chi connectivity index (χ1v) is 10.6. The second-order valence-electron chi connectivity index (χ2n) is 8.27. The summed E-state index contributed by atoms with van der Waals surface area (Å²) in [5, 5.41) is 14.2. The molecule has 3 aliphatic rings. The van der Waals surface area contributed by atoms with E-state index in [1.807, 2.05) is 11.0 Å². The van der Waals surface area contributed by atoms with Crippen LogP contribution in [-0.2, 0) is 16.0 Å². The molecule has 1 aromatic rings. The highest BCUT2D eigenvalue weighted by Crippen LogP contribution is 2.39. The Kier molecular flexibility index (Phi) is 5.69. The van der Waals surface area contributed by atoms with Gasteiger partial charge in [-0.2, -0.15) is 0 Å². The van der Waals surface area contributed by atoms with Gasteiger partial charge in [0.25, 0.3) is 5.69 Å². The van der Waals surface area contributed by atoms with E-state index in [4.69, 9.17) is 0 Å². The van der Waals surface area contributed by atoms with Crippen LogP contribution < -0.4 is 10.2 Å². The lowest BCUT2D eigenvalue weighted by atomic mass is 9.80. The van der Waals surface area contributed by atoms with Crippen LogP contribution in [0.4, 0.5) is 11.4 Å². The summed E-state index contributed by atoms with van der Waals surface area (Å²) in [7, 11) is 0. The number of nitrogens with zero attached hydrogens (tertiary/aromatic N) is 3. The number of carbonyl (C=O) groups excluding carboxylic acids is 2. The summed E-state index contributed by atoms with van der Waals surface area (Å²) < 4.78 is 0. The van der Waals surface area contributed by atoms with Crippen LogP contribution in [0, 0.1) is 16.0 Å². The zero-order valence-corrected chi connectivity index (χ0v) is 16.6. The van der Waals surface area contributed by atoms with Gasteiger partial charge in [-0.1, -0.05) is 0 Å². The van der Waals surface area contributed by atoms with E-state index >= 15 is 0 Å². The van der Waals surface area contributed by atoms with Crippen LogP contribution in [0.2, 0.25) is 0 Å². The number of amides is 2. The molecule has 2 fully saturated rings. The minimum atomic E-state index is -0.378. The van der Waals surface area contributed by atoms with Crippen molar-refractivity contribution in [1.29, 1.82) is 0 Å². The highest BCUT2D eigenvalue weighted by molar-refractivity contribution is 5.82. The SMILES string of the molecule is O=C(NCCCN1CCCC1=O)[C@H]1Cc2cc([N+](=O)[O-])ccc2N2CCCC[C@H]12. The Morgan fingerprint density at radius 2 is 2.10 bits per heavy atom. The Bertz CT molecular complexity index is 812. The molecule has 0 radical (unpaired) electrons. The molecule has 29 heavy (non-hydrogen) atoms. The minimum absolute atomic E-state index is 0.0202. The number of piperidine rings is 1. The van der Waals surface area contributed by atoms with Crippen LogP contribution in [0.5, 0.6) is 0 Å². The molecule has 2 atom stereocenters. The molecule has 2 amide bonds. The maximum absolute atomic E-state index is 13.0. The predicted octanol–water partition coefficient (Wildman–Crippen LogP) is 2.25. The van der Waals surface area contributed by atoms with Crippen LogP contribution in [0.15, 0.2) is 18.2 Å². The number of anilines is 1. The molecule has 0 spiro atoms. The Labute approximate surface area is 170 Å². The molecular weight excluding hydrogens is 372 g/mol. The van der Waals surface area contributed by atoms with Gasteiger partial charge in [-0.15, -0.1) is 0 Å². The van der Waals surface area contributed by atoms with Gasteiger partial charge in [0.2, 0.25) is 11.8 Å². The molecule has 4 rings (SSSR count). The molecule has 0 aliphatic carbocycles. The average molecular weight is 400 g/mol. The molecule has 3 aliphatic heterocycles. The smallest absolute Gasteiger partial charge is 0.269 e. The number of fused-ring (bicyclic) bond motifs is 3. The van der Waals surface area contributed by atoms with Crippen molar-refractivity contribution in [3.63, 3.8) is 0 Å². The number of nitro groups is 1. The van der Waals surface area contributed by atoms with E-state index in [0.717, 1.165) is 56.4 Å². The van der Waals surface area contributed by atoms with E-state index in [-0.39, 0.29) is 34.4 Å². The van der Waals surface area contributed by atoms with Crippen molar-refractivity contribution in [2.24, 2.45) is 5.92 Å². The largest absolute Gasteiger partial charge is 0.368 e. The lowest BCUT2D eigenvalue weighted by Gasteiger charge is -2.45. The van der Waals surface area contributed by atoms with E-state index in [0.29, 0.717) is 25.9 Å². The molecule has 1 N–H and O–H groups in total. The maximum atomic E-state index is 13.0. The Balaban J connectivity index is 1.42. The normalized spacial score (nSPS) is 23.5. The zero-order chi connectivity index (χ0) is 20.4. The average Bonchev–Trinajstić information content (AvgIpc) is 3.14. The van der Waals surface area contributed by atoms with E-state index in [9.17, 15) is 19.7 Å². The molecular formula is C21H28N4O4. The van der Waals surface area contributed by atoms with Crippen LogP contribution in [-0.4, -0.2) is 53.9 Å². The zero-order valence-electron chi connectivity index (χ0n) is 16.6. The van der Waals surface area contributed by atoms with Crippen molar-refractivity contribution in [3.8, 4) is 0 Å². The molecule has 8 nitrogen and oxygen atoms in total. The van der Waals surface area contributed by atoms with Crippen molar-refractivity contribution >= 4 is 23.2 Å². The number of hydrogen-bond donors (Lipinski definition) is 1. The summed E-state index contributed by atoms with van der Waals surface area (Å²) >= 11 is 0. The quantitative estimate of drug-likeness (QED) is 0.449. The number of non-ortho nitro benzene ring substituents is 1. The van der Waals surface area contributed by atoms with Crippen molar-refractivity contribution in [2.45, 2.75) is 51.0 Å². The Morgan fingerprint density at radius 3 is 2.86 bits per heavy atom. The van der Waals surface area contributed by atoms with Gasteiger partial charge in [0.05, 0.1) is 10.8 Å². The molecule has 0 aromatic heterocycles. The van der Waals surface area contributed by atoms with E-state index in [1.54, 1.807) is 12.1 Å². The number of hydrogen-bond acceptors (Lipinski definition) is 5. The lowest BCUT2D eigenvalue weighted by molar-refractivity contribution is -0.384. The first-order valence-electron chi connectivity index (χ1n) is 10.6. The number of likely N-dealkylation sites (tertiary alicyclic amines) is 1. The summed E-state index contributed by atoms with van der Waals surface area (Å²) in [4.78, 5) is 39.6. The van der Waals surface area contributed by atoms with Crippen LogP contribution in [0.3, 0.4) is 0 Å². The van der Waals surface area contributed by atoms with E-state index in [2.05, 4.69) is 10.2 Å². The minimum Gasteiger partial charge on any atom is -0.368 e. The van der Waals surface area contributed by atoms with Crippen molar-refractivity contribution in [2.75, 3.05) is 31.1 Å². The summed E-state index contributed by atoms with van der Waals surface area (Å²) in [6.45, 7) is 2.94. The van der Waals surface area contributed by atoms with Gasteiger partial charge in [0.1, 0.15) is 0 Å². The van der Waals surface area contributed by atoms with Crippen LogP contribution in [0.25, 0.3) is 0 Å². The standard InChI is InChI=1S/C21H28N4O4/c26-20-6-3-10-23(20)11-4-9-22-21(27)17-14-15-13-16(25(28)29)7-8-18(15)24-12-2-1-5-19(17)24/h7-8,13,17,19H,1-6,9-12,14H2,(H,22,27)/t17-,19+/m0/s1. The third kappa shape index (κ3) is 4.06. The lowest BCUT2D eigenvalue weighted by Crippen LogP contribution is -2.53. The molecule has 8 heteroatoms. The Morgan fingerprint density at radius 1 is 1.24 bits per heavy atom. The second kappa shape index (κ2) is 8.39. The first-order chi connectivity index (χ1) is 14.0. The van der Waals surface area contributed by atoms with Crippen LogP contribution >= 0.6 is 0 Å². The topological polar surface area (TPSA) is 95.8 Å². The van der Waals surface area contributed by atoms with Gasteiger partial charge in [0.15, 0.2) is 0 Å². The van der Waals surface area contributed by atoms with Crippen molar-refractivity contribution < 1.29 is 14.5 Å². The molecule has 0 bridgehead atoms. The maximum Gasteiger partial charge on any atom is 0.269 e.